The molecule has 0 saturated heterocycles. The molecule has 0 amide bonds. The monoisotopic (exact) mass is 228 g/mol. The second-order valence-electron chi connectivity index (χ2n) is 4.36. The molecule has 1 unspecified atom stereocenters. The summed E-state index contributed by atoms with van der Waals surface area (Å²) in [5.41, 5.74) is 2.43. The van der Waals surface area contributed by atoms with Crippen molar-refractivity contribution in [2.45, 2.75) is 26.2 Å². The summed E-state index contributed by atoms with van der Waals surface area (Å²) in [6.07, 6.45) is 3.78. The van der Waals surface area contributed by atoms with Crippen molar-refractivity contribution < 1.29 is 4.79 Å². The zero-order valence-electron chi connectivity index (χ0n) is 10.1. The predicted octanol–water partition coefficient (Wildman–Crippen LogP) is 3.03. The van der Waals surface area contributed by atoms with Crippen LogP contribution in [-0.2, 0) is 0 Å². The van der Waals surface area contributed by atoms with E-state index in [1.165, 1.54) is 15.8 Å². The third kappa shape index (κ3) is 2.81. The number of carbonyl (C=O) groups is 1. The lowest BCUT2D eigenvalue weighted by Gasteiger charge is -2.11. The Morgan fingerprint density at radius 2 is 2.06 bits per heavy atom. The maximum Gasteiger partial charge on any atom is 0.247 e. The molecule has 0 saturated carbocycles. The van der Waals surface area contributed by atoms with Gasteiger partial charge in [-0.2, -0.15) is 5.10 Å². The molecule has 88 valence electrons. The van der Waals surface area contributed by atoms with Gasteiger partial charge >= 0.3 is 0 Å². The smallest absolute Gasteiger partial charge is 0.247 e. The van der Waals surface area contributed by atoms with Gasteiger partial charge in [0.1, 0.15) is 0 Å². The van der Waals surface area contributed by atoms with E-state index in [0.717, 1.165) is 0 Å². The summed E-state index contributed by atoms with van der Waals surface area (Å²) >= 11 is 0. The number of rotatable bonds is 3. The molecule has 1 heterocycles. The zero-order chi connectivity index (χ0) is 12.3. The van der Waals surface area contributed by atoms with Crippen LogP contribution in [0.2, 0.25) is 0 Å². The highest BCUT2D eigenvalue weighted by Crippen LogP contribution is 2.19. The largest absolute Gasteiger partial charge is 0.273 e. The van der Waals surface area contributed by atoms with E-state index < -0.39 is 0 Å². The van der Waals surface area contributed by atoms with Crippen molar-refractivity contribution in [2.75, 3.05) is 0 Å². The van der Waals surface area contributed by atoms with Crippen LogP contribution < -0.4 is 0 Å². The molecular weight excluding hydrogens is 212 g/mol. The molecule has 0 N–H and O–H groups in total. The van der Waals surface area contributed by atoms with Gasteiger partial charge in [0.05, 0.1) is 0 Å². The van der Waals surface area contributed by atoms with Crippen LogP contribution in [0.5, 0.6) is 0 Å². The maximum atomic E-state index is 11.9. The van der Waals surface area contributed by atoms with Crippen LogP contribution in [0.15, 0.2) is 42.7 Å². The molecule has 0 radical (unpaired) electrons. The SMILES string of the molecule is Cc1ccc(C(C)CC(=O)n2cccn2)cc1. The van der Waals surface area contributed by atoms with E-state index in [1.807, 2.05) is 0 Å². The summed E-state index contributed by atoms with van der Waals surface area (Å²) in [5.74, 6) is 0.246. The summed E-state index contributed by atoms with van der Waals surface area (Å²) in [6.45, 7) is 4.12. The molecule has 0 fully saturated rings. The fraction of sp³-hybridized carbons (Fsp3) is 0.286. The number of nitrogens with zero attached hydrogens (tertiary/aromatic N) is 2. The van der Waals surface area contributed by atoms with Crippen LogP contribution in [0, 0.1) is 6.92 Å². The molecule has 0 spiro atoms. The van der Waals surface area contributed by atoms with Crippen LogP contribution in [0.3, 0.4) is 0 Å². The molecule has 0 aliphatic rings. The summed E-state index contributed by atoms with van der Waals surface area (Å²) in [7, 11) is 0. The highest BCUT2D eigenvalue weighted by molar-refractivity contribution is 5.78. The lowest BCUT2D eigenvalue weighted by Crippen LogP contribution is -2.13. The summed E-state index contributed by atoms with van der Waals surface area (Å²) in [4.78, 5) is 11.9. The van der Waals surface area contributed by atoms with Gasteiger partial charge < -0.3 is 0 Å². The molecule has 1 atom stereocenters. The lowest BCUT2D eigenvalue weighted by molar-refractivity contribution is 0.0879. The number of hydrogen-bond acceptors (Lipinski definition) is 2. The van der Waals surface area contributed by atoms with Crippen molar-refractivity contribution >= 4 is 5.91 Å². The minimum Gasteiger partial charge on any atom is -0.273 e. The molecule has 3 nitrogen and oxygen atoms in total. The van der Waals surface area contributed by atoms with E-state index in [0.29, 0.717) is 6.42 Å². The Hall–Kier alpha value is -1.90. The van der Waals surface area contributed by atoms with Gasteiger partial charge in [-0.3, -0.25) is 4.79 Å². The summed E-state index contributed by atoms with van der Waals surface area (Å²) < 4.78 is 1.39. The van der Waals surface area contributed by atoms with Gasteiger partial charge in [0.15, 0.2) is 0 Å². The number of benzene rings is 1. The van der Waals surface area contributed by atoms with Gasteiger partial charge in [-0.05, 0) is 24.5 Å². The van der Waals surface area contributed by atoms with E-state index in [-0.39, 0.29) is 11.8 Å². The van der Waals surface area contributed by atoms with Crippen molar-refractivity contribution in [1.82, 2.24) is 9.78 Å². The number of aromatic nitrogens is 2. The van der Waals surface area contributed by atoms with Crippen LogP contribution in [0.1, 0.15) is 35.2 Å². The molecule has 0 aliphatic carbocycles. The van der Waals surface area contributed by atoms with Crippen LogP contribution >= 0.6 is 0 Å². The normalized spacial score (nSPS) is 12.4. The quantitative estimate of drug-likeness (QED) is 0.809. The van der Waals surface area contributed by atoms with Crippen molar-refractivity contribution in [3.63, 3.8) is 0 Å². The number of aryl methyl sites for hydroxylation is 1. The minimum atomic E-state index is 0.0306. The molecule has 1 aromatic carbocycles. The molecule has 0 bridgehead atoms. The first kappa shape index (κ1) is 11.6. The lowest BCUT2D eigenvalue weighted by atomic mass is 9.97. The first-order chi connectivity index (χ1) is 8.16. The van der Waals surface area contributed by atoms with E-state index >= 15 is 0 Å². The Morgan fingerprint density at radius 3 is 2.65 bits per heavy atom. The van der Waals surface area contributed by atoms with Crippen molar-refractivity contribution in [1.29, 1.82) is 0 Å². The molecule has 2 aromatic rings. The fourth-order valence-electron chi connectivity index (χ4n) is 1.78. The summed E-state index contributed by atoms with van der Waals surface area (Å²) in [6, 6.07) is 10.1. The van der Waals surface area contributed by atoms with Crippen LogP contribution in [0.25, 0.3) is 0 Å². The molecular formula is C14H16N2O. The van der Waals surface area contributed by atoms with Gasteiger partial charge in [0, 0.05) is 18.8 Å². The van der Waals surface area contributed by atoms with E-state index in [9.17, 15) is 4.79 Å². The molecule has 0 aliphatic heterocycles. The van der Waals surface area contributed by atoms with Crippen molar-refractivity contribution in [3.05, 3.63) is 53.9 Å². The summed E-state index contributed by atoms with van der Waals surface area (Å²) in [5, 5.41) is 3.94. The zero-order valence-corrected chi connectivity index (χ0v) is 10.1. The molecule has 17 heavy (non-hydrogen) atoms. The molecule has 1 aromatic heterocycles. The first-order valence-corrected chi connectivity index (χ1v) is 5.76. The van der Waals surface area contributed by atoms with Crippen LogP contribution in [-0.4, -0.2) is 15.7 Å². The topological polar surface area (TPSA) is 34.9 Å². The van der Waals surface area contributed by atoms with E-state index in [1.54, 1.807) is 18.5 Å². The van der Waals surface area contributed by atoms with Crippen LogP contribution in [0.4, 0.5) is 0 Å². The van der Waals surface area contributed by atoms with Crippen molar-refractivity contribution in [2.24, 2.45) is 0 Å². The van der Waals surface area contributed by atoms with Crippen molar-refractivity contribution in [3.8, 4) is 0 Å². The Morgan fingerprint density at radius 1 is 1.35 bits per heavy atom. The molecule has 2 rings (SSSR count). The third-order valence-corrected chi connectivity index (χ3v) is 2.89. The average Bonchev–Trinajstić information content (AvgIpc) is 2.83. The van der Waals surface area contributed by atoms with Gasteiger partial charge in [-0.1, -0.05) is 36.8 Å². The second-order valence-corrected chi connectivity index (χ2v) is 4.36. The maximum absolute atomic E-state index is 11.9. The fourth-order valence-corrected chi connectivity index (χ4v) is 1.78. The predicted molar refractivity (Wildman–Crippen MR) is 67.1 cm³/mol. The standard InChI is InChI=1S/C14H16N2O/c1-11-4-6-13(7-5-11)12(2)10-14(17)16-9-3-8-15-16/h3-9,12H,10H2,1-2H3. The minimum absolute atomic E-state index is 0.0306. The van der Waals surface area contributed by atoms with E-state index in [4.69, 9.17) is 0 Å². The number of hydrogen-bond donors (Lipinski definition) is 0. The van der Waals surface area contributed by atoms with Gasteiger partial charge in [-0.25, -0.2) is 4.68 Å². The Bertz CT molecular complexity index is 485. The Balaban J connectivity index is 2.04. The van der Waals surface area contributed by atoms with Gasteiger partial charge in [0.25, 0.3) is 0 Å². The highest BCUT2D eigenvalue weighted by atomic mass is 16.2. The Labute approximate surface area is 101 Å². The average molecular weight is 228 g/mol. The highest BCUT2D eigenvalue weighted by Gasteiger charge is 2.12. The first-order valence-electron chi connectivity index (χ1n) is 5.76. The number of carbonyl (C=O) groups excluding carboxylic acids is 1. The van der Waals surface area contributed by atoms with Gasteiger partial charge in [0.2, 0.25) is 5.91 Å². The molecule has 3 heteroatoms. The van der Waals surface area contributed by atoms with E-state index in [2.05, 4.69) is 43.2 Å². The second kappa shape index (κ2) is 4.95. The van der Waals surface area contributed by atoms with Gasteiger partial charge in [-0.15, -0.1) is 0 Å². The Kier molecular flexibility index (Phi) is 3.38. The third-order valence-electron chi connectivity index (χ3n) is 2.89.